The summed E-state index contributed by atoms with van der Waals surface area (Å²) in [6, 6.07) is 0. The average molecular weight is 457 g/mol. The van der Waals surface area contributed by atoms with Gasteiger partial charge in [-0.25, -0.2) is 0 Å². The molecular formula is C30H48O3. The fraction of sp³-hybridized carbons (Fsp3) is 0.900. The van der Waals surface area contributed by atoms with Crippen molar-refractivity contribution in [2.45, 2.75) is 119 Å². The molecule has 5 rings (SSSR count). The Morgan fingerprint density at radius 1 is 0.879 bits per heavy atom. The molecule has 0 bridgehead atoms. The van der Waals surface area contributed by atoms with E-state index in [2.05, 4.69) is 54.5 Å². The van der Waals surface area contributed by atoms with E-state index in [1.165, 1.54) is 18.4 Å². The lowest BCUT2D eigenvalue weighted by Gasteiger charge is -2.71. The Morgan fingerprint density at radius 3 is 2.21 bits per heavy atom. The van der Waals surface area contributed by atoms with Crippen molar-refractivity contribution >= 4 is 5.97 Å². The van der Waals surface area contributed by atoms with Gasteiger partial charge in [0.05, 0.1) is 11.5 Å². The van der Waals surface area contributed by atoms with Gasteiger partial charge >= 0.3 is 5.97 Å². The van der Waals surface area contributed by atoms with E-state index in [9.17, 15) is 15.0 Å². The molecule has 3 heteroatoms. The van der Waals surface area contributed by atoms with Gasteiger partial charge in [0, 0.05) is 0 Å². The zero-order chi connectivity index (χ0) is 24.2. The number of carboxylic acids is 1. The first kappa shape index (κ1) is 23.9. The van der Waals surface area contributed by atoms with Gasteiger partial charge in [-0.1, -0.05) is 60.1 Å². The van der Waals surface area contributed by atoms with Crippen LogP contribution in [0, 0.1) is 50.2 Å². The standard InChI is InChI=1S/C30H48O3/c1-25(2)14-16-30(24(32)33)17-15-28(6)19(20(30)18-25)8-9-22-27(5)12-11-23(31)26(3,4)21(27)10-13-29(22,28)7/h8,20-23,31H,9-18H2,1-7H3,(H,32,33)/t20-,21-,22+,23+,27-,28+,29+,30+/m0/s1. The van der Waals surface area contributed by atoms with Crippen molar-refractivity contribution in [1.29, 1.82) is 0 Å². The zero-order valence-electron chi connectivity index (χ0n) is 22.3. The zero-order valence-corrected chi connectivity index (χ0v) is 22.3. The predicted octanol–water partition coefficient (Wildman–Crippen LogP) is 7.23. The van der Waals surface area contributed by atoms with E-state index in [1.54, 1.807) is 0 Å². The van der Waals surface area contributed by atoms with Gasteiger partial charge in [-0.15, -0.1) is 0 Å². The highest BCUT2D eigenvalue weighted by atomic mass is 16.4. The number of fused-ring (bicyclic) bond motifs is 7. The first-order valence-electron chi connectivity index (χ1n) is 13.8. The summed E-state index contributed by atoms with van der Waals surface area (Å²) in [5, 5.41) is 21.4. The van der Waals surface area contributed by atoms with Gasteiger partial charge in [0.15, 0.2) is 0 Å². The molecule has 0 aromatic heterocycles. The molecule has 3 nitrogen and oxygen atoms in total. The maximum Gasteiger partial charge on any atom is 0.310 e. The van der Waals surface area contributed by atoms with Gasteiger partial charge in [0.25, 0.3) is 0 Å². The van der Waals surface area contributed by atoms with E-state index >= 15 is 0 Å². The number of allylic oxidation sites excluding steroid dienone is 2. The van der Waals surface area contributed by atoms with Gasteiger partial charge in [0.1, 0.15) is 0 Å². The number of aliphatic hydroxyl groups excluding tert-OH is 1. The topological polar surface area (TPSA) is 57.5 Å². The molecule has 0 radical (unpaired) electrons. The number of rotatable bonds is 1. The summed E-state index contributed by atoms with van der Waals surface area (Å²) in [6.45, 7) is 16.9. The highest BCUT2D eigenvalue weighted by Crippen LogP contribution is 2.75. The Hall–Kier alpha value is -0.830. The van der Waals surface area contributed by atoms with E-state index in [-0.39, 0.29) is 39.1 Å². The van der Waals surface area contributed by atoms with E-state index < -0.39 is 11.4 Å². The molecule has 2 N–H and O–H groups in total. The predicted molar refractivity (Wildman–Crippen MR) is 133 cm³/mol. The van der Waals surface area contributed by atoms with Crippen molar-refractivity contribution in [3.05, 3.63) is 11.6 Å². The fourth-order valence-electron chi connectivity index (χ4n) is 10.6. The summed E-state index contributed by atoms with van der Waals surface area (Å²) in [5.41, 5.74) is 1.68. The normalized spacial score (nSPS) is 52.4. The molecule has 0 heterocycles. The number of carboxylic acid groups (broad SMARTS) is 1. The van der Waals surface area contributed by atoms with Gasteiger partial charge in [-0.2, -0.15) is 0 Å². The molecule has 0 aliphatic heterocycles. The van der Waals surface area contributed by atoms with Crippen molar-refractivity contribution in [1.82, 2.24) is 0 Å². The summed E-state index contributed by atoms with van der Waals surface area (Å²) in [5.74, 6) is 0.807. The van der Waals surface area contributed by atoms with Crippen LogP contribution in [-0.2, 0) is 4.79 Å². The van der Waals surface area contributed by atoms with Crippen LogP contribution in [0.1, 0.15) is 113 Å². The molecule has 0 amide bonds. The molecule has 186 valence electrons. The Labute approximate surface area is 201 Å². The van der Waals surface area contributed by atoms with Crippen molar-refractivity contribution in [2.75, 3.05) is 0 Å². The van der Waals surface area contributed by atoms with Crippen LogP contribution in [0.5, 0.6) is 0 Å². The minimum absolute atomic E-state index is 0.0301. The molecular weight excluding hydrogens is 408 g/mol. The summed E-state index contributed by atoms with van der Waals surface area (Å²) in [7, 11) is 0. The molecule has 5 aliphatic carbocycles. The molecule has 33 heavy (non-hydrogen) atoms. The molecule has 8 atom stereocenters. The second kappa shape index (κ2) is 6.89. The smallest absolute Gasteiger partial charge is 0.310 e. The lowest BCUT2D eigenvalue weighted by atomic mass is 9.33. The third-order valence-electron chi connectivity index (χ3n) is 13.0. The third kappa shape index (κ3) is 2.87. The average Bonchev–Trinajstić information content (AvgIpc) is 2.71. The molecule has 5 aliphatic rings. The Balaban J connectivity index is 1.60. The van der Waals surface area contributed by atoms with Crippen molar-refractivity contribution < 1.29 is 15.0 Å². The van der Waals surface area contributed by atoms with Crippen LogP contribution in [0.2, 0.25) is 0 Å². The summed E-state index contributed by atoms with van der Waals surface area (Å²) in [6.07, 6.45) is 12.6. The minimum Gasteiger partial charge on any atom is -0.481 e. The van der Waals surface area contributed by atoms with Crippen LogP contribution in [0.25, 0.3) is 0 Å². The maximum absolute atomic E-state index is 12.8. The monoisotopic (exact) mass is 456 g/mol. The Bertz CT molecular complexity index is 885. The molecule has 0 spiro atoms. The number of carbonyl (C=O) groups is 1. The second-order valence-electron chi connectivity index (χ2n) is 15.1. The molecule has 0 saturated heterocycles. The maximum atomic E-state index is 12.8. The van der Waals surface area contributed by atoms with Gasteiger partial charge < -0.3 is 10.2 Å². The van der Waals surface area contributed by atoms with Crippen LogP contribution < -0.4 is 0 Å². The van der Waals surface area contributed by atoms with E-state index in [4.69, 9.17) is 0 Å². The van der Waals surface area contributed by atoms with Crippen LogP contribution in [0.4, 0.5) is 0 Å². The Kier molecular flexibility index (Phi) is 4.99. The highest BCUT2D eigenvalue weighted by Gasteiger charge is 2.69. The van der Waals surface area contributed by atoms with Gasteiger partial charge in [-0.05, 0) is 109 Å². The second-order valence-corrected chi connectivity index (χ2v) is 15.1. The first-order chi connectivity index (χ1) is 15.1. The number of hydrogen-bond acceptors (Lipinski definition) is 2. The largest absolute Gasteiger partial charge is 0.481 e. The first-order valence-corrected chi connectivity index (χ1v) is 13.8. The SMILES string of the molecule is CC1(C)CC[C@@]2(C(=O)O)CC[C@]3(C)C(=CC[C@@H]4[C@@]5(C)CC[C@@H](O)C(C)(C)[C@@H]5CC[C@]43C)[C@@H]2C1. The summed E-state index contributed by atoms with van der Waals surface area (Å²) in [4.78, 5) is 12.8. The van der Waals surface area contributed by atoms with Crippen molar-refractivity contribution in [3.63, 3.8) is 0 Å². The summed E-state index contributed by atoms with van der Waals surface area (Å²) >= 11 is 0. The molecule has 0 aromatic rings. The number of hydrogen-bond donors (Lipinski definition) is 2. The molecule has 0 unspecified atom stereocenters. The molecule has 4 fully saturated rings. The molecule has 0 aromatic carbocycles. The fourth-order valence-corrected chi connectivity index (χ4v) is 10.6. The lowest BCUT2D eigenvalue weighted by Crippen LogP contribution is -2.65. The van der Waals surface area contributed by atoms with Crippen molar-refractivity contribution in [2.24, 2.45) is 50.2 Å². The van der Waals surface area contributed by atoms with Gasteiger partial charge in [0.2, 0.25) is 0 Å². The summed E-state index contributed by atoms with van der Waals surface area (Å²) < 4.78 is 0. The lowest BCUT2D eigenvalue weighted by molar-refractivity contribution is -0.205. The van der Waals surface area contributed by atoms with Crippen LogP contribution >= 0.6 is 0 Å². The van der Waals surface area contributed by atoms with E-state index in [0.717, 1.165) is 51.4 Å². The number of aliphatic hydroxyl groups is 1. The van der Waals surface area contributed by atoms with Crippen LogP contribution in [0.3, 0.4) is 0 Å². The highest BCUT2D eigenvalue weighted by molar-refractivity contribution is 5.76. The Morgan fingerprint density at radius 2 is 1.55 bits per heavy atom. The molecule has 4 saturated carbocycles. The van der Waals surface area contributed by atoms with E-state index in [1.807, 2.05) is 0 Å². The number of aliphatic carboxylic acids is 1. The van der Waals surface area contributed by atoms with Crippen LogP contribution in [-0.4, -0.2) is 22.3 Å². The quantitative estimate of drug-likeness (QED) is 0.409. The minimum atomic E-state index is -0.553. The van der Waals surface area contributed by atoms with Crippen LogP contribution in [0.15, 0.2) is 11.6 Å². The van der Waals surface area contributed by atoms with E-state index in [0.29, 0.717) is 11.8 Å². The van der Waals surface area contributed by atoms with Gasteiger partial charge in [-0.3, -0.25) is 4.79 Å². The van der Waals surface area contributed by atoms with Crippen molar-refractivity contribution in [3.8, 4) is 0 Å². The third-order valence-corrected chi connectivity index (χ3v) is 13.0.